The van der Waals surface area contributed by atoms with Gasteiger partial charge in [-0.1, -0.05) is 19.3 Å². The van der Waals surface area contributed by atoms with Crippen molar-refractivity contribution < 1.29 is 26.4 Å². The predicted molar refractivity (Wildman–Crippen MR) is 139 cm³/mol. The maximum absolute atomic E-state index is 14.0. The number of carbonyl (C=O) groups is 2. The van der Waals surface area contributed by atoms with Gasteiger partial charge in [-0.05, 0) is 55.2 Å². The van der Waals surface area contributed by atoms with Crippen LogP contribution in [0.25, 0.3) is 0 Å². The van der Waals surface area contributed by atoms with Gasteiger partial charge in [0.2, 0.25) is 15.9 Å². The molecule has 0 aromatic carbocycles. The lowest BCUT2D eigenvalue weighted by Crippen LogP contribution is -2.62. The minimum Gasteiger partial charge on any atom is -0.337 e. The van der Waals surface area contributed by atoms with Crippen LogP contribution < -0.4 is 10.0 Å². The standard InChI is InChI=1S/C24H32N4O6S3/c1-36(31,32)25-10-16-12-35-23-21(16)37(33,34)27-22(26-23)18-20(29)17-14-7-8-15(9-14)19(17)28(24(18)30)11-13-5-3-2-4-6-13/h12-15,17-19,25H,2-11H2,1H3,(H,26,27)/t14-,15+,17+,18?,19-/m0/s1. The minimum absolute atomic E-state index is 0.0799. The van der Waals surface area contributed by atoms with Crippen molar-refractivity contribution in [1.82, 2.24) is 9.62 Å². The Balaban J connectivity index is 1.33. The molecular formula is C24H32N4O6S3. The topological polar surface area (TPSA) is 142 Å². The van der Waals surface area contributed by atoms with Crippen molar-refractivity contribution in [3.05, 3.63) is 10.9 Å². The first-order valence-electron chi connectivity index (χ1n) is 13.0. The molecule has 4 fully saturated rings. The smallest absolute Gasteiger partial charge is 0.287 e. The van der Waals surface area contributed by atoms with Gasteiger partial charge in [-0.25, -0.2) is 13.1 Å². The summed E-state index contributed by atoms with van der Waals surface area (Å²) in [7, 11) is -7.77. The van der Waals surface area contributed by atoms with E-state index < -0.39 is 26.0 Å². The van der Waals surface area contributed by atoms with Gasteiger partial charge in [-0.15, -0.1) is 15.7 Å². The van der Waals surface area contributed by atoms with Crippen molar-refractivity contribution in [3.8, 4) is 0 Å². The third kappa shape index (κ3) is 4.45. The summed E-state index contributed by atoms with van der Waals surface area (Å²) in [6.07, 6.45) is 9.62. The average molecular weight is 569 g/mol. The monoisotopic (exact) mass is 568 g/mol. The summed E-state index contributed by atoms with van der Waals surface area (Å²) in [5.41, 5.74) is 0.272. The molecule has 13 heteroatoms. The van der Waals surface area contributed by atoms with Crippen LogP contribution in [0.2, 0.25) is 0 Å². The van der Waals surface area contributed by atoms with Crippen molar-refractivity contribution in [2.75, 3.05) is 18.1 Å². The largest absolute Gasteiger partial charge is 0.337 e. The van der Waals surface area contributed by atoms with Gasteiger partial charge in [0.05, 0.1) is 6.26 Å². The van der Waals surface area contributed by atoms with Gasteiger partial charge in [-0.3, -0.25) is 9.59 Å². The molecule has 6 rings (SSSR count). The Kier molecular flexibility index (Phi) is 6.28. The van der Waals surface area contributed by atoms with E-state index in [1.165, 1.54) is 6.42 Å². The number of hydrogen-bond acceptors (Lipinski definition) is 8. The number of fused-ring (bicyclic) bond motifs is 6. The number of ketones is 1. The van der Waals surface area contributed by atoms with Gasteiger partial charge >= 0.3 is 0 Å². The van der Waals surface area contributed by atoms with Crippen LogP contribution in [0, 0.1) is 29.6 Å². The van der Waals surface area contributed by atoms with Crippen LogP contribution in [0.4, 0.5) is 5.00 Å². The second-order valence-corrected chi connectivity index (χ2v) is 15.5. The summed E-state index contributed by atoms with van der Waals surface area (Å²) in [5.74, 6) is -1.20. The van der Waals surface area contributed by atoms with E-state index >= 15 is 0 Å². The Hall–Kier alpha value is -1.83. The first kappa shape index (κ1) is 25.4. The van der Waals surface area contributed by atoms with Crippen LogP contribution in [-0.2, 0) is 36.2 Å². The average Bonchev–Trinajstić information content (AvgIpc) is 3.55. The second-order valence-electron chi connectivity index (χ2n) is 11.3. The highest BCUT2D eigenvalue weighted by molar-refractivity contribution is 7.91. The normalized spacial score (nSPS) is 33.2. The van der Waals surface area contributed by atoms with Crippen LogP contribution in [-0.4, -0.2) is 58.1 Å². The molecule has 202 valence electrons. The molecule has 3 heterocycles. The van der Waals surface area contributed by atoms with E-state index in [2.05, 4.69) is 14.4 Å². The van der Waals surface area contributed by atoms with E-state index in [1.54, 1.807) is 5.38 Å². The van der Waals surface area contributed by atoms with Gasteiger partial charge < -0.3 is 10.2 Å². The van der Waals surface area contributed by atoms with Crippen molar-refractivity contribution in [2.45, 2.75) is 68.8 Å². The molecule has 3 aliphatic carbocycles. The molecule has 1 aromatic heterocycles. The number of rotatable bonds is 6. The zero-order valence-corrected chi connectivity index (χ0v) is 23.1. The quantitative estimate of drug-likeness (QED) is 0.502. The van der Waals surface area contributed by atoms with E-state index in [1.807, 2.05) is 4.90 Å². The molecular weight excluding hydrogens is 536 g/mol. The predicted octanol–water partition coefficient (Wildman–Crippen LogP) is 2.33. The van der Waals surface area contributed by atoms with E-state index in [-0.39, 0.29) is 57.4 Å². The van der Waals surface area contributed by atoms with Crippen LogP contribution in [0.1, 0.15) is 56.9 Å². The highest BCUT2D eigenvalue weighted by Gasteiger charge is 2.61. The Morgan fingerprint density at radius 1 is 1.14 bits per heavy atom. The molecule has 10 nitrogen and oxygen atoms in total. The molecule has 1 saturated heterocycles. The maximum atomic E-state index is 14.0. The Bertz CT molecular complexity index is 1380. The van der Waals surface area contributed by atoms with Crippen molar-refractivity contribution in [3.63, 3.8) is 0 Å². The number of thiophene rings is 1. The number of amides is 1. The number of piperidine rings is 1. The van der Waals surface area contributed by atoms with Crippen LogP contribution in [0.15, 0.2) is 14.7 Å². The lowest BCUT2D eigenvalue weighted by molar-refractivity contribution is -0.153. The summed E-state index contributed by atoms with van der Waals surface area (Å²) in [6, 6.07) is -0.0799. The summed E-state index contributed by atoms with van der Waals surface area (Å²) < 4.78 is 55.8. The highest BCUT2D eigenvalue weighted by Crippen LogP contribution is 2.54. The fourth-order valence-corrected chi connectivity index (χ4v) is 10.4. The van der Waals surface area contributed by atoms with Gasteiger partial charge in [0, 0.05) is 30.6 Å². The molecule has 3 saturated carbocycles. The molecule has 1 amide bonds. The lowest BCUT2D eigenvalue weighted by Gasteiger charge is -2.47. The maximum Gasteiger partial charge on any atom is 0.287 e. The zero-order chi connectivity index (χ0) is 26.1. The molecule has 2 aliphatic heterocycles. The molecule has 2 bridgehead atoms. The molecule has 0 radical (unpaired) electrons. The number of hydrogen-bond donors (Lipinski definition) is 2. The number of likely N-dealkylation sites (tertiary alicyclic amines) is 1. The van der Waals surface area contributed by atoms with E-state index in [0.717, 1.165) is 62.5 Å². The van der Waals surface area contributed by atoms with Crippen LogP contribution in [0.3, 0.4) is 0 Å². The molecule has 5 atom stereocenters. The van der Waals surface area contributed by atoms with E-state index in [0.29, 0.717) is 18.4 Å². The highest BCUT2D eigenvalue weighted by atomic mass is 32.2. The number of sulfonamides is 2. The molecule has 5 aliphatic rings. The van der Waals surface area contributed by atoms with Crippen molar-refractivity contribution in [2.24, 2.45) is 34.0 Å². The van der Waals surface area contributed by atoms with Crippen molar-refractivity contribution >= 4 is 53.9 Å². The summed E-state index contributed by atoms with van der Waals surface area (Å²) >= 11 is 1.09. The second kappa shape index (κ2) is 9.13. The number of amidine groups is 1. The fourth-order valence-electron chi connectivity index (χ4n) is 7.37. The number of nitrogens with zero attached hydrogens (tertiary/aromatic N) is 2. The third-order valence-corrected chi connectivity index (χ3v) is 12.0. The summed E-state index contributed by atoms with van der Waals surface area (Å²) in [4.78, 5) is 29.7. The summed E-state index contributed by atoms with van der Waals surface area (Å²) in [5, 5.41) is 4.80. The fraction of sp³-hybridized carbons (Fsp3) is 0.708. The SMILES string of the molecule is CS(=O)(=O)NCc1csc2c1S(=O)(=O)N=C(C1C(=O)[C@@H]3[C@H]4CC[C@H](C4)[C@@H]3N(CC3CCCCC3)C1=O)N2. The molecule has 2 N–H and O–H groups in total. The van der Waals surface area contributed by atoms with E-state index in [9.17, 15) is 26.4 Å². The Morgan fingerprint density at radius 2 is 1.86 bits per heavy atom. The number of nitrogens with one attached hydrogen (secondary N) is 2. The Labute approximate surface area is 221 Å². The molecule has 1 aromatic rings. The van der Waals surface area contributed by atoms with Gasteiger partial charge in [0.25, 0.3) is 10.0 Å². The third-order valence-electron chi connectivity index (χ3n) is 8.89. The Morgan fingerprint density at radius 3 is 2.59 bits per heavy atom. The number of anilines is 1. The van der Waals surface area contributed by atoms with Gasteiger partial charge in [-0.2, -0.15) is 8.42 Å². The molecule has 0 spiro atoms. The van der Waals surface area contributed by atoms with Gasteiger partial charge in [0.15, 0.2) is 11.7 Å². The minimum atomic E-state index is -4.24. The van der Waals surface area contributed by atoms with Gasteiger partial charge in [0.1, 0.15) is 15.7 Å². The lowest BCUT2D eigenvalue weighted by atomic mass is 9.72. The number of carbonyl (C=O) groups excluding carboxylic acids is 2. The molecule has 1 unspecified atom stereocenters. The van der Waals surface area contributed by atoms with E-state index in [4.69, 9.17) is 0 Å². The summed E-state index contributed by atoms with van der Waals surface area (Å²) in [6.45, 7) is 0.429. The van der Waals surface area contributed by atoms with Crippen molar-refractivity contribution in [1.29, 1.82) is 0 Å². The first-order valence-corrected chi connectivity index (χ1v) is 17.3. The van der Waals surface area contributed by atoms with Crippen LogP contribution >= 0.6 is 11.3 Å². The number of Topliss-reactive ketones (excluding diaryl/α,β-unsaturated/α-hetero) is 1. The first-order chi connectivity index (χ1) is 17.5. The molecule has 37 heavy (non-hydrogen) atoms. The van der Waals surface area contributed by atoms with Crippen LogP contribution in [0.5, 0.6) is 0 Å². The zero-order valence-electron chi connectivity index (χ0n) is 20.7.